The predicted octanol–water partition coefficient (Wildman–Crippen LogP) is 2.27. The van der Waals surface area contributed by atoms with Gasteiger partial charge in [0, 0.05) is 15.7 Å². The van der Waals surface area contributed by atoms with Crippen molar-refractivity contribution in [3.63, 3.8) is 0 Å². The molecule has 2 aromatic carbocycles. The summed E-state index contributed by atoms with van der Waals surface area (Å²) in [7, 11) is 0. The monoisotopic (exact) mass is 377 g/mol. The minimum absolute atomic E-state index is 0.158. The van der Waals surface area contributed by atoms with E-state index in [2.05, 4.69) is 21.2 Å². The molecule has 0 saturated carbocycles. The molecule has 0 bridgehead atoms. The number of rotatable bonds is 3. The molecule has 6 nitrogen and oxygen atoms in total. The van der Waals surface area contributed by atoms with Crippen LogP contribution in [0.1, 0.15) is 22.3 Å². The van der Waals surface area contributed by atoms with E-state index in [1.807, 2.05) is 0 Å². The van der Waals surface area contributed by atoms with Crippen LogP contribution in [-0.2, 0) is 10.4 Å². The molecule has 1 amide bonds. The number of halogens is 1. The molecule has 0 radical (unpaired) electrons. The van der Waals surface area contributed by atoms with Gasteiger partial charge in [-0.1, -0.05) is 15.9 Å². The first kappa shape index (κ1) is 15.5. The van der Waals surface area contributed by atoms with Crippen LogP contribution >= 0.6 is 15.9 Å². The molecular formula is C16H12BrNO5. The number of phenolic OH excluding ortho intramolecular Hbond substituents is 2. The van der Waals surface area contributed by atoms with Crippen LogP contribution in [0, 0.1) is 0 Å². The molecule has 0 saturated heterocycles. The summed E-state index contributed by atoms with van der Waals surface area (Å²) in [6.45, 7) is 0. The Labute approximate surface area is 139 Å². The number of aliphatic hydroxyl groups is 1. The van der Waals surface area contributed by atoms with Crippen LogP contribution in [0.25, 0.3) is 0 Å². The fourth-order valence-electron chi connectivity index (χ4n) is 2.57. The van der Waals surface area contributed by atoms with Gasteiger partial charge in [0.25, 0.3) is 5.91 Å². The van der Waals surface area contributed by atoms with E-state index in [0.717, 1.165) is 6.07 Å². The molecule has 4 N–H and O–H groups in total. The quantitative estimate of drug-likeness (QED) is 0.484. The van der Waals surface area contributed by atoms with Crippen molar-refractivity contribution in [2.24, 2.45) is 0 Å². The fourth-order valence-corrected chi connectivity index (χ4v) is 2.93. The molecule has 0 aromatic heterocycles. The topological polar surface area (TPSA) is 107 Å². The third kappa shape index (κ3) is 2.58. The molecule has 3 rings (SSSR count). The van der Waals surface area contributed by atoms with Gasteiger partial charge >= 0.3 is 0 Å². The van der Waals surface area contributed by atoms with Crippen LogP contribution in [0.15, 0.2) is 40.9 Å². The number of nitrogens with one attached hydrogen (secondary N) is 1. The highest BCUT2D eigenvalue weighted by atomic mass is 79.9. The second-order valence-corrected chi connectivity index (χ2v) is 6.22. The average molecular weight is 378 g/mol. The zero-order valence-corrected chi connectivity index (χ0v) is 13.3. The molecule has 0 aliphatic carbocycles. The summed E-state index contributed by atoms with van der Waals surface area (Å²) >= 11 is 3.26. The first-order valence-electron chi connectivity index (χ1n) is 6.70. The lowest BCUT2D eigenvalue weighted by Crippen LogP contribution is -2.36. The third-order valence-electron chi connectivity index (χ3n) is 3.75. The van der Waals surface area contributed by atoms with E-state index in [0.29, 0.717) is 10.2 Å². The van der Waals surface area contributed by atoms with Crippen LogP contribution in [0.2, 0.25) is 0 Å². The smallest absolute Gasteiger partial charge is 0.261 e. The van der Waals surface area contributed by atoms with Crippen molar-refractivity contribution >= 4 is 33.3 Å². The maximum atomic E-state index is 12.4. The number of benzene rings is 2. The van der Waals surface area contributed by atoms with Crippen LogP contribution in [-0.4, -0.2) is 27.0 Å². The van der Waals surface area contributed by atoms with Crippen molar-refractivity contribution in [2.45, 2.75) is 12.0 Å². The zero-order valence-electron chi connectivity index (χ0n) is 11.7. The lowest BCUT2D eigenvalue weighted by atomic mass is 9.88. The highest BCUT2D eigenvalue weighted by molar-refractivity contribution is 9.10. The number of carbonyl (C=O) groups is 2. The molecule has 23 heavy (non-hydrogen) atoms. The molecule has 7 heteroatoms. The summed E-state index contributed by atoms with van der Waals surface area (Å²) in [6, 6.07) is 8.37. The van der Waals surface area contributed by atoms with Crippen molar-refractivity contribution in [3.8, 4) is 11.5 Å². The van der Waals surface area contributed by atoms with Crippen molar-refractivity contribution in [1.82, 2.24) is 0 Å². The van der Waals surface area contributed by atoms with E-state index < -0.39 is 23.7 Å². The number of ketones is 1. The number of anilines is 1. The number of hydrogen-bond donors (Lipinski definition) is 4. The summed E-state index contributed by atoms with van der Waals surface area (Å²) in [5.41, 5.74) is -1.48. The van der Waals surface area contributed by atoms with Gasteiger partial charge in [-0.3, -0.25) is 9.59 Å². The molecule has 0 fully saturated rings. The summed E-state index contributed by atoms with van der Waals surface area (Å²) in [6.07, 6.45) is -0.556. The second-order valence-electron chi connectivity index (χ2n) is 5.31. The molecule has 118 valence electrons. The van der Waals surface area contributed by atoms with Gasteiger partial charge in [-0.15, -0.1) is 0 Å². The van der Waals surface area contributed by atoms with Gasteiger partial charge in [0.1, 0.15) is 11.5 Å². The van der Waals surface area contributed by atoms with Crippen LogP contribution in [0.3, 0.4) is 0 Å². The Morgan fingerprint density at radius 3 is 2.65 bits per heavy atom. The van der Waals surface area contributed by atoms with E-state index in [9.17, 15) is 24.9 Å². The Balaban J connectivity index is 1.99. The SMILES string of the molecule is O=C(CC1(O)C(=O)Nc2ccc(Br)cc21)c1cc(O)ccc1O. The number of phenols is 2. The molecule has 1 atom stereocenters. The van der Waals surface area contributed by atoms with E-state index in [1.165, 1.54) is 12.1 Å². The first-order chi connectivity index (χ1) is 10.8. The van der Waals surface area contributed by atoms with E-state index in [1.54, 1.807) is 18.2 Å². The Morgan fingerprint density at radius 2 is 1.91 bits per heavy atom. The largest absolute Gasteiger partial charge is 0.508 e. The lowest BCUT2D eigenvalue weighted by Gasteiger charge is -2.20. The average Bonchev–Trinajstić information content (AvgIpc) is 2.73. The van der Waals surface area contributed by atoms with Gasteiger partial charge in [-0.05, 0) is 36.4 Å². The van der Waals surface area contributed by atoms with Gasteiger partial charge < -0.3 is 20.6 Å². The number of hydrogen-bond acceptors (Lipinski definition) is 5. The molecule has 0 spiro atoms. The minimum Gasteiger partial charge on any atom is -0.508 e. The van der Waals surface area contributed by atoms with Crippen molar-refractivity contribution < 1.29 is 24.9 Å². The normalized spacial score (nSPS) is 19.3. The summed E-state index contributed by atoms with van der Waals surface area (Å²) < 4.78 is 0.652. The van der Waals surface area contributed by atoms with E-state index in [-0.39, 0.29) is 22.6 Å². The van der Waals surface area contributed by atoms with Crippen molar-refractivity contribution in [1.29, 1.82) is 0 Å². The maximum absolute atomic E-state index is 12.4. The number of Topliss-reactive ketones (excluding diaryl/α,β-unsaturated/α-hetero) is 1. The summed E-state index contributed by atoms with van der Waals surface area (Å²) in [4.78, 5) is 24.5. The second kappa shape index (κ2) is 5.36. The Bertz CT molecular complexity index is 835. The number of carbonyl (C=O) groups excluding carboxylic acids is 2. The van der Waals surface area contributed by atoms with Gasteiger partial charge in [0.15, 0.2) is 11.4 Å². The lowest BCUT2D eigenvalue weighted by molar-refractivity contribution is -0.133. The number of fused-ring (bicyclic) bond motifs is 1. The minimum atomic E-state index is -2.03. The molecule has 1 heterocycles. The van der Waals surface area contributed by atoms with Gasteiger partial charge in [-0.2, -0.15) is 0 Å². The number of amides is 1. The van der Waals surface area contributed by atoms with Crippen molar-refractivity contribution in [3.05, 3.63) is 52.0 Å². The van der Waals surface area contributed by atoms with Crippen LogP contribution in [0.4, 0.5) is 5.69 Å². The first-order valence-corrected chi connectivity index (χ1v) is 7.49. The fraction of sp³-hybridized carbons (Fsp3) is 0.125. The molecule has 1 aliphatic rings. The third-order valence-corrected chi connectivity index (χ3v) is 4.24. The van der Waals surface area contributed by atoms with Gasteiger partial charge in [0.05, 0.1) is 12.0 Å². The molecular weight excluding hydrogens is 366 g/mol. The Morgan fingerprint density at radius 1 is 1.17 bits per heavy atom. The van der Waals surface area contributed by atoms with Crippen molar-refractivity contribution in [2.75, 3.05) is 5.32 Å². The predicted molar refractivity (Wildman–Crippen MR) is 85.4 cm³/mol. The zero-order chi connectivity index (χ0) is 16.8. The Kier molecular flexibility index (Phi) is 3.62. The molecule has 1 aliphatic heterocycles. The molecule has 1 unspecified atom stereocenters. The maximum Gasteiger partial charge on any atom is 0.261 e. The van der Waals surface area contributed by atoms with E-state index in [4.69, 9.17) is 0 Å². The van der Waals surface area contributed by atoms with Crippen LogP contribution < -0.4 is 5.32 Å². The highest BCUT2D eigenvalue weighted by Gasteiger charge is 2.47. The van der Waals surface area contributed by atoms with Crippen LogP contribution in [0.5, 0.6) is 11.5 Å². The summed E-state index contributed by atoms with van der Waals surface area (Å²) in [5, 5.41) is 32.4. The van der Waals surface area contributed by atoms with Gasteiger partial charge in [-0.25, -0.2) is 0 Å². The number of aromatic hydroxyl groups is 2. The summed E-state index contributed by atoms with van der Waals surface area (Å²) in [5.74, 6) is -1.90. The highest BCUT2D eigenvalue weighted by Crippen LogP contribution is 2.41. The van der Waals surface area contributed by atoms with E-state index >= 15 is 0 Å². The van der Waals surface area contributed by atoms with Gasteiger partial charge in [0.2, 0.25) is 0 Å². The molecule has 2 aromatic rings. The Hall–Kier alpha value is -2.38. The standard InChI is InChI=1S/C16H12BrNO5/c17-8-1-3-12-11(5-8)16(23,15(22)18-12)7-14(21)10-6-9(19)2-4-13(10)20/h1-6,19-20,23H,7H2,(H,18,22).